The first-order valence-electron chi connectivity index (χ1n) is 10.2. The number of nitrogens with one attached hydrogen (secondary N) is 2. The second-order valence-electron chi connectivity index (χ2n) is 7.42. The van der Waals surface area contributed by atoms with Crippen LogP contribution in [0.1, 0.15) is 12.1 Å². The standard InChI is InChI=1S/C20H27N9O/c1-15-17-13-16(14-24-18(17)27(2)26-15)25-20(30)23-7-4-8-28-9-11-29(12-10-28)19-21-5-3-6-22-19/h3,5-6,13-14H,4,7-12H2,1-2H3,(H2,23,25,30). The van der Waals surface area contributed by atoms with Crippen molar-refractivity contribution in [2.45, 2.75) is 13.3 Å². The van der Waals surface area contributed by atoms with Gasteiger partial charge in [0.05, 0.1) is 17.6 Å². The molecule has 0 bridgehead atoms. The maximum atomic E-state index is 12.2. The number of pyridine rings is 1. The Morgan fingerprint density at radius 3 is 2.67 bits per heavy atom. The van der Waals surface area contributed by atoms with Gasteiger partial charge < -0.3 is 15.5 Å². The molecule has 2 amide bonds. The molecular weight excluding hydrogens is 382 g/mol. The summed E-state index contributed by atoms with van der Waals surface area (Å²) in [5.74, 6) is 0.796. The van der Waals surface area contributed by atoms with Crippen molar-refractivity contribution in [3.05, 3.63) is 36.4 Å². The lowest BCUT2D eigenvalue weighted by atomic mass is 10.2. The van der Waals surface area contributed by atoms with Gasteiger partial charge >= 0.3 is 6.03 Å². The second-order valence-corrected chi connectivity index (χ2v) is 7.42. The first kappa shape index (κ1) is 20.0. The van der Waals surface area contributed by atoms with E-state index in [0.717, 1.165) is 61.8 Å². The van der Waals surface area contributed by atoms with Crippen molar-refractivity contribution in [3.8, 4) is 0 Å². The fraction of sp³-hybridized carbons (Fsp3) is 0.450. The average Bonchev–Trinajstić information content (AvgIpc) is 3.05. The zero-order chi connectivity index (χ0) is 20.9. The second kappa shape index (κ2) is 9.04. The van der Waals surface area contributed by atoms with E-state index in [1.54, 1.807) is 23.3 Å². The summed E-state index contributed by atoms with van der Waals surface area (Å²) < 4.78 is 1.74. The van der Waals surface area contributed by atoms with Crippen molar-refractivity contribution in [2.24, 2.45) is 7.05 Å². The molecule has 3 aromatic rings. The van der Waals surface area contributed by atoms with Crippen LogP contribution in [0.2, 0.25) is 0 Å². The Hall–Kier alpha value is -3.27. The number of carbonyl (C=O) groups excluding carboxylic acids is 1. The van der Waals surface area contributed by atoms with Crippen molar-refractivity contribution in [1.82, 2.24) is 34.9 Å². The van der Waals surface area contributed by atoms with E-state index >= 15 is 0 Å². The molecule has 1 saturated heterocycles. The van der Waals surface area contributed by atoms with E-state index in [2.05, 4.69) is 40.5 Å². The van der Waals surface area contributed by atoms with Gasteiger partial charge in [0, 0.05) is 57.6 Å². The third kappa shape index (κ3) is 4.65. The highest BCUT2D eigenvalue weighted by molar-refractivity contribution is 5.91. The summed E-state index contributed by atoms with van der Waals surface area (Å²) in [5.41, 5.74) is 2.36. The highest BCUT2D eigenvalue weighted by Gasteiger charge is 2.18. The number of piperazine rings is 1. The number of nitrogens with zero attached hydrogens (tertiary/aromatic N) is 7. The highest BCUT2D eigenvalue weighted by atomic mass is 16.2. The lowest BCUT2D eigenvalue weighted by Gasteiger charge is -2.34. The molecule has 30 heavy (non-hydrogen) atoms. The number of hydrogen-bond donors (Lipinski definition) is 2. The Morgan fingerprint density at radius 1 is 1.13 bits per heavy atom. The van der Waals surface area contributed by atoms with E-state index in [1.165, 1.54) is 0 Å². The molecule has 4 heterocycles. The van der Waals surface area contributed by atoms with Crippen LogP contribution in [0.3, 0.4) is 0 Å². The number of fused-ring (bicyclic) bond motifs is 1. The summed E-state index contributed by atoms with van der Waals surface area (Å²) in [5, 5.41) is 11.1. The number of urea groups is 1. The van der Waals surface area contributed by atoms with E-state index in [4.69, 9.17) is 0 Å². The fourth-order valence-electron chi connectivity index (χ4n) is 3.68. The smallest absolute Gasteiger partial charge is 0.319 e. The van der Waals surface area contributed by atoms with Gasteiger partial charge in [-0.2, -0.15) is 5.10 Å². The van der Waals surface area contributed by atoms with Crippen LogP contribution in [0, 0.1) is 6.92 Å². The number of aromatic nitrogens is 5. The van der Waals surface area contributed by atoms with Crippen molar-refractivity contribution >= 4 is 28.7 Å². The maximum absolute atomic E-state index is 12.2. The lowest BCUT2D eigenvalue weighted by Crippen LogP contribution is -2.47. The quantitative estimate of drug-likeness (QED) is 0.593. The van der Waals surface area contributed by atoms with Crippen molar-refractivity contribution in [2.75, 3.05) is 49.5 Å². The van der Waals surface area contributed by atoms with Crippen molar-refractivity contribution < 1.29 is 4.79 Å². The van der Waals surface area contributed by atoms with Gasteiger partial charge in [0.15, 0.2) is 5.65 Å². The van der Waals surface area contributed by atoms with Crippen LogP contribution in [0.15, 0.2) is 30.7 Å². The summed E-state index contributed by atoms with van der Waals surface area (Å²) in [7, 11) is 1.86. The molecule has 1 aliphatic rings. The molecule has 0 radical (unpaired) electrons. The molecule has 1 fully saturated rings. The van der Waals surface area contributed by atoms with Gasteiger partial charge in [-0.3, -0.25) is 9.58 Å². The van der Waals surface area contributed by atoms with Crippen LogP contribution >= 0.6 is 0 Å². The molecule has 0 spiro atoms. The predicted octanol–water partition coefficient (Wildman–Crippen LogP) is 1.40. The van der Waals surface area contributed by atoms with Crippen LogP contribution in [0.4, 0.5) is 16.4 Å². The van der Waals surface area contributed by atoms with Gasteiger partial charge in [-0.05, 0) is 32.0 Å². The van der Waals surface area contributed by atoms with E-state index in [-0.39, 0.29) is 6.03 Å². The Labute approximate surface area is 175 Å². The highest BCUT2D eigenvalue weighted by Crippen LogP contribution is 2.19. The number of anilines is 2. The molecule has 4 rings (SSSR count). The molecule has 1 aliphatic heterocycles. The zero-order valence-electron chi connectivity index (χ0n) is 17.4. The third-order valence-corrected chi connectivity index (χ3v) is 5.26. The number of amides is 2. The number of hydrogen-bond acceptors (Lipinski definition) is 7. The Bertz CT molecular complexity index is 996. The number of aryl methyl sites for hydroxylation is 2. The van der Waals surface area contributed by atoms with E-state index in [1.807, 2.05) is 26.1 Å². The molecule has 10 heteroatoms. The van der Waals surface area contributed by atoms with Gasteiger partial charge in [-0.25, -0.2) is 19.7 Å². The summed E-state index contributed by atoms with van der Waals surface area (Å²) in [6.45, 7) is 7.28. The number of rotatable bonds is 6. The molecule has 3 aromatic heterocycles. The van der Waals surface area contributed by atoms with E-state index in [9.17, 15) is 4.79 Å². The topological polar surface area (TPSA) is 104 Å². The molecule has 10 nitrogen and oxygen atoms in total. The third-order valence-electron chi connectivity index (χ3n) is 5.26. The van der Waals surface area contributed by atoms with E-state index in [0.29, 0.717) is 12.2 Å². The Kier molecular flexibility index (Phi) is 6.03. The lowest BCUT2D eigenvalue weighted by molar-refractivity contribution is 0.244. The molecule has 0 unspecified atom stereocenters. The minimum absolute atomic E-state index is 0.219. The largest absolute Gasteiger partial charge is 0.338 e. The first-order valence-corrected chi connectivity index (χ1v) is 10.2. The number of carbonyl (C=O) groups is 1. The predicted molar refractivity (Wildman–Crippen MR) is 116 cm³/mol. The van der Waals surface area contributed by atoms with Crippen LogP contribution in [-0.2, 0) is 7.05 Å². The van der Waals surface area contributed by atoms with Gasteiger partial charge in [0.2, 0.25) is 5.95 Å². The molecular formula is C20H27N9O. The van der Waals surface area contributed by atoms with Crippen LogP contribution in [0.5, 0.6) is 0 Å². The minimum atomic E-state index is -0.219. The van der Waals surface area contributed by atoms with Crippen LogP contribution in [-0.4, -0.2) is 74.9 Å². The van der Waals surface area contributed by atoms with Gasteiger partial charge in [0.1, 0.15) is 0 Å². The zero-order valence-corrected chi connectivity index (χ0v) is 17.4. The molecule has 0 aliphatic carbocycles. The molecule has 2 N–H and O–H groups in total. The fourth-order valence-corrected chi connectivity index (χ4v) is 3.68. The van der Waals surface area contributed by atoms with Gasteiger partial charge in [-0.1, -0.05) is 0 Å². The Morgan fingerprint density at radius 2 is 1.90 bits per heavy atom. The minimum Gasteiger partial charge on any atom is -0.338 e. The molecule has 158 valence electrons. The van der Waals surface area contributed by atoms with Crippen molar-refractivity contribution in [1.29, 1.82) is 0 Å². The Balaban J connectivity index is 1.16. The van der Waals surface area contributed by atoms with Gasteiger partial charge in [0.25, 0.3) is 0 Å². The summed E-state index contributed by atoms with van der Waals surface area (Å²) in [4.78, 5) is 29.8. The monoisotopic (exact) mass is 409 g/mol. The van der Waals surface area contributed by atoms with E-state index < -0.39 is 0 Å². The summed E-state index contributed by atoms with van der Waals surface area (Å²) in [6.07, 6.45) is 6.10. The maximum Gasteiger partial charge on any atom is 0.319 e. The molecule has 0 atom stereocenters. The summed E-state index contributed by atoms with van der Waals surface area (Å²) in [6, 6.07) is 3.52. The van der Waals surface area contributed by atoms with Crippen LogP contribution < -0.4 is 15.5 Å². The van der Waals surface area contributed by atoms with Crippen LogP contribution in [0.25, 0.3) is 11.0 Å². The van der Waals surface area contributed by atoms with Crippen molar-refractivity contribution in [3.63, 3.8) is 0 Å². The molecule has 0 saturated carbocycles. The average molecular weight is 409 g/mol. The van der Waals surface area contributed by atoms with Gasteiger partial charge in [-0.15, -0.1) is 0 Å². The SMILES string of the molecule is Cc1nn(C)c2ncc(NC(=O)NCCCN3CCN(c4ncccn4)CC3)cc12. The first-order chi connectivity index (χ1) is 14.6. The molecule has 0 aromatic carbocycles. The summed E-state index contributed by atoms with van der Waals surface area (Å²) >= 11 is 0. The normalized spacial score (nSPS) is 14.8.